The number of aliphatic imine (C=N–C) groups is 1. The minimum absolute atomic E-state index is 0.122. The highest BCUT2D eigenvalue weighted by Crippen LogP contribution is 2.19. The van der Waals surface area contributed by atoms with Crippen LogP contribution in [0.2, 0.25) is 0 Å². The van der Waals surface area contributed by atoms with Gasteiger partial charge in [0.1, 0.15) is 0 Å². The highest BCUT2D eigenvalue weighted by atomic mass is 16.5. The molecule has 6 heteroatoms. The van der Waals surface area contributed by atoms with Gasteiger partial charge in [-0.3, -0.25) is 9.79 Å². The molecule has 0 aliphatic carbocycles. The molecule has 0 spiro atoms. The molecule has 0 saturated carbocycles. The molecule has 0 amide bonds. The van der Waals surface area contributed by atoms with Crippen molar-refractivity contribution >= 4 is 22.8 Å². The molecular formula is C21H32N4O2. The van der Waals surface area contributed by atoms with Gasteiger partial charge in [-0.05, 0) is 43.4 Å². The third kappa shape index (κ3) is 6.96. The number of hydrogen-bond donors (Lipinski definition) is 3. The number of benzene rings is 1. The number of nitrogens with one attached hydrogen (secondary N) is 3. The summed E-state index contributed by atoms with van der Waals surface area (Å²) in [6.07, 6.45) is 7.64. The van der Waals surface area contributed by atoms with E-state index in [9.17, 15) is 4.79 Å². The van der Waals surface area contributed by atoms with E-state index in [1.54, 1.807) is 7.05 Å². The lowest BCUT2D eigenvalue weighted by Gasteiger charge is -2.11. The van der Waals surface area contributed by atoms with E-state index in [0.29, 0.717) is 6.42 Å². The van der Waals surface area contributed by atoms with Crippen molar-refractivity contribution in [1.82, 2.24) is 15.6 Å². The van der Waals surface area contributed by atoms with Crippen LogP contribution in [0.15, 0.2) is 29.4 Å². The largest absolute Gasteiger partial charge is 0.469 e. The van der Waals surface area contributed by atoms with Gasteiger partial charge in [0, 0.05) is 43.7 Å². The maximum Gasteiger partial charge on any atom is 0.305 e. The fourth-order valence-electron chi connectivity index (χ4n) is 3.10. The maximum atomic E-state index is 11.0. The SMILES string of the molecule is CN=C(NCCCCCCC(=O)OC)NCCc1c[nH]c2cc(C)ccc12. The molecular weight excluding hydrogens is 340 g/mol. The van der Waals surface area contributed by atoms with Crippen molar-refractivity contribution < 1.29 is 9.53 Å². The predicted octanol–water partition coefficient (Wildman–Crippen LogP) is 3.31. The molecule has 148 valence electrons. The third-order valence-corrected chi connectivity index (χ3v) is 4.66. The number of aromatic nitrogens is 1. The number of carbonyl (C=O) groups is 1. The molecule has 0 radical (unpaired) electrons. The number of ether oxygens (including phenoxy) is 1. The third-order valence-electron chi connectivity index (χ3n) is 4.66. The van der Waals surface area contributed by atoms with E-state index in [0.717, 1.165) is 51.2 Å². The molecule has 3 N–H and O–H groups in total. The molecule has 2 rings (SSSR count). The number of methoxy groups -OCH3 is 1. The Hall–Kier alpha value is -2.50. The molecule has 0 saturated heterocycles. The molecule has 0 bridgehead atoms. The Bertz CT molecular complexity index is 752. The number of H-pyrrole nitrogens is 1. The zero-order chi connectivity index (χ0) is 19.5. The quantitative estimate of drug-likeness (QED) is 0.259. The predicted molar refractivity (Wildman–Crippen MR) is 111 cm³/mol. The van der Waals surface area contributed by atoms with Crippen LogP contribution in [0.5, 0.6) is 0 Å². The van der Waals surface area contributed by atoms with Crippen LogP contribution in [0, 0.1) is 6.92 Å². The summed E-state index contributed by atoms with van der Waals surface area (Å²) >= 11 is 0. The van der Waals surface area contributed by atoms with Crippen LogP contribution in [0.3, 0.4) is 0 Å². The first-order valence-corrected chi connectivity index (χ1v) is 9.72. The number of hydrogen-bond acceptors (Lipinski definition) is 3. The Labute approximate surface area is 161 Å². The number of fused-ring (bicyclic) bond motifs is 1. The first kappa shape index (κ1) is 20.8. The Morgan fingerprint density at radius 2 is 1.93 bits per heavy atom. The Kier molecular flexibility index (Phi) is 8.68. The summed E-state index contributed by atoms with van der Waals surface area (Å²) in [4.78, 5) is 18.7. The average Bonchev–Trinajstić information content (AvgIpc) is 3.07. The van der Waals surface area contributed by atoms with Crippen LogP contribution in [0.1, 0.15) is 43.2 Å². The van der Waals surface area contributed by atoms with Gasteiger partial charge in [0.25, 0.3) is 0 Å². The van der Waals surface area contributed by atoms with E-state index in [4.69, 9.17) is 0 Å². The molecule has 6 nitrogen and oxygen atoms in total. The van der Waals surface area contributed by atoms with Crippen LogP contribution in [-0.2, 0) is 16.0 Å². The number of aryl methyl sites for hydroxylation is 1. The van der Waals surface area contributed by atoms with Crippen LogP contribution >= 0.6 is 0 Å². The topological polar surface area (TPSA) is 78.5 Å². The van der Waals surface area contributed by atoms with Crippen molar-refractivity contribution in [3.63, 3.8) is 0 Å². The standard InChI is InChI=1S/C21H32N4O2/c1-16-9-10-18-17(15-25-19(18)14-16)11-13-24-21(22-2)23-12-7-5-4-6-8-20(26)27-3/h9-10,14-15,25H,4-8,11-13H2,1-3H3,(H2,22,23,24). The molecule has 1 aromatic heterocycles. The lowest BCUT2D eigenvalue weighted by Crippen LogP contribution is -2.38. The van der Waals surface area contributed by atoms with E-state index in [-0.39, 0.29) is 5.97 Å². The van der Waals surface area contributed by atoms with E-state index in [1.807, 2.05) is 0 Å². The minimum atomic E-state index is -0.122. The van der Waals surface area contributed by atoms with E-state index in [1.165, 1.54) is 29.1 Å². The second-order valence-electron chi connectivity index (χ2n) is 6.78. The van der Waals surface area contributed by atoms with E-state index >= 15 is 0 Å². The van der Waals surface area contributed by atoms with Crippen molar-refractivity contribution in [2.45, 2.75) is 45.4 Å². The first-order valence-electron chi connectivity index (χ1n) is 9.72. The maximum absolute atomic E-state index is 11.0. The number of rotatable bonds is 10. The number of aromatic amines is 1. The number of nitrogens with zero attached hydrogens (tertiary/aromatic N) is 1. The number of guanidine groups is 1. The summed E-state index contributed by atoms with van der Waals surface area (Å²) in [5, 5.41) is 8.01. The number of esters is 1. The summed E-state index contributed by atoms with van der Waals surface area (Å²) in [5.41, 5.74) is 3.78. The van der Waals surface area contributed by atoms with Gasteiger partial charge in [-0.2, -0.15) is 0 Å². The summed E-state index contributed by atoms with van der Waals surface area (Å²) in [5.74, 6) is 0.711. The van der Waals surface area contributed by atoms with Gasteiger partial charge in [0.15, 0.2) is 5.96 Å². The van der Waals surface area contributed by atoms with Crippen LogP contribution < -0.4 is 10.6 Å². The lowest BCUT2D eigenvalue weighted by molar-refractivity contribution is -0.140. The summed E-state index contributed by atoms with van der Waals surface area (Å²) in [6, 6.07) is 6.51. The molecule has 1 aromatic carbocycles. The average molecular weight is 373 g/mol. The van der Waals surface area contributed by atoms with Gasteiger partial charge in [-0.25, -0.2) is 0 Å². The summed E-state index contributed by atoms with van der Waals surface area (Å²) in [7, 11) is 3.23. The van der Waals surface area contributed by atoms with Crippen molar-refractivity contribution in [2.75, 3.05) is 27.2 Å². The van der Waals surface area contributed by atoms with Gasteiger partial charge in [0.2, 0.25) is 0 Å². The molecule has 0 unspecified atom stereocenters. The van der Waals surface area contributed by atoms with Gasteiger partial charge >= 0.3 is 5.97 Å². The zero-order valence-electron chi connectivity index (χ0n) is 16.7. The van der Waals surface area contributed by atoms with E-state index in [2.05, 4.69) is 56.7 Å². The van der Waals surface area contributed by atoms with Crippen molar-refractivity contribution in [3.05, 3.63) is 35.5 Å². The first-order chi connectivity index (χ1) is 13.1. The molecule has 1 heterocycles. The second kappa shape index (κ2) is 11.3. The molecule has 0 atom stereocenters. The van der Waals surface area contributed by atoms with Crippen molar-refractivity contribution in [3.8, 4) is 0 Å². The fourth-order valence-corrected chi connectivity index (χ4v) is 3.10. The van der Waals surface area contributed by atoms with Crippen molar-refractivity contribution in [1.29, 1.82) is 0 Å². The van der Waals surface area contributed by atoms with Crippen LogP contribution in [0.25, 0.3) is 10.9 Å². The smallest absolute Gasteiger partial charge is 0.305 e. The second-order valence-corrected chi connectivity index (χ2v) is 6.78. The van der Waals surface area contributed by atoms with Crippen LogP contribution in [0.4, 0.5) is 0 Å². The zero-order valence-corrected chi connectivity index (χ0v) is 16.7. The monoisotopic (exact) mass is 372 g/mol. The Morgan fingerprint density at radius 1 is 1.15 bits per heavy atom. The Morgan fingerprint density at radius 3 is 2.70 bits per heavy atom. The summed E-state index contributed by atoms with van der Waals surface area (Å²) < 4.78 is 4.64. The van der Waals surface area contributed by atoms with Gasteiger partial charge in [-0.1, -0.05) is 25.0 Å². The molecule has 2 aromatic rings. The lowest BCUT2D eigenvalue weighted by atomic mass is 10.1. The minimum Gasteiger partial charge on any atom is -0.469 e. The van der Waals surface area contributed by atoms with Crippen LogP contribution in [-0.4, -0.2) is 44.2 Å². The highest BCUT2D eigenvalue weighted by molar-refractivity contribution is 5.84. The molecule has 0 aliphatic heterocycles. The van der Waals surface area contributed by atoms with Gasteiger partial charge < -0.3 is 20.4 Å². The molecule has 0 fully saturated rings. The summed E-state index contributed by atoms with van der Waals surface area (Å²) in [6.45, 7) is 3.82. The van der Waals surface area contributed by atoms with Crippen molar-refractivity contribution in [2.24, 2.45) is 4.99 Å². The fraction of sp³-hybridized carbons (Fsp3) is 0.524. The van der Waals surface area contributed by atoms with Gasteiger partial charge in [0.05, 0.1) is 7.11 Å². The number of unbranched alkanes of at least 4 members (excludes halogenated alkanes) is 3. The number of carbonyl (C=O) groups excluding carboxylic acids is 1. The van der Waals surface area contributed by atoms with E-state index < -0.39 is 0 Å². The molecule has 0 aliphatic rings. The normalized spacial score (nSPS) is 11.6. The Balaban J connectivity index is 1.62. The highest BCUT2D eigenvalue weighted by Gasteiger charge is 2.04. The molecule has 27 heavy (non-hydrogen) atoms. The van der Waals surface area contributed by atoms with Gasteiger partial charge in [-0.15, -0.1) is 0 Å².